The Kier molecular flexibility index (Phi) is 7.01. The summed E-state index contributed by atoms with van der Waals surface area (Å²) >= 11 is 0. The third-order valence-corrected chi connectivity index (χ3v) is 7.92. The second kappa shape index (κ2) is 9.80. The number of hydrogen-bond acceptors (Lipinski definition) is 5. The molecule has 182 valence electrons. The number of carbonyl (C=O) groups excluding carboxylic acids is 1. The molecule has 1 amide bonds. The number of aryl methyl sites for hydroxylation is 1. The van der Waals surface area contributed by atoms with Gasteiger partial charge in [0, 0.05) is 43.2 Å². The van der Waals surface area contributed by atoms with E-state index in [1.165, 1.54) is 0 Å². The van der Waals surface area contributed by atoms with Crippen molar-refractivity contribution in [1.82, 2.24) is 9.80 Å². The van der Waals surface area contributed by atoms with Crippen LogP contribution in [0, 0.1) is 6.92 Å². The number of methoxy groups -OCH3 is 1. The highest BCUT2D eigenvalue weighted by Gasteiger charge is 2.58. The molecule has 6 heteroatoms. The van der Waals surface area contributed by atoms with Gasteiger partial charge in [0.15, 0.2) is 0 Å². The Morgan fingerprint density at radius 1 is 1.38 bits per heavy atom. The lowest BCUT2D eigenvalue weighted by Crippen LogP contribution is -2.67. The van der Waals surface area contributed by atoms with Crippen molar-refractivity contribution in [1.29, 1.82) is 0 Å². The molecule has 2 aromatic rings. The van der Waals surface area contributed by atoms with Gasteiger partial charge in [-0.3, -0.25) is 9.69 Å². The van der Waals surface area contributed by atoms with Crippen LogP contribution in [-0.2, 0) is 10.2 Å². The molecule has 1 saturated carbocycles. The topological polar surface area (TPSA) is 66.2 Å². The molecule has 6 nitrogen and oxygen atoms in total. The minimum atomic E-state index is -0.884. The minimum absolute atomic E-state index is 0.0278. The Balaban J connectivity index is 1.62. The van der Waals surface area contributed by atoms with Gasteiger partial charge >= 0.3 is 0 Å². The Morgan fingerprint density at radius 3 is 2.91 bits per heavy atom. The third kappa shape index (κ3) is 4.44. The number of nitrogens with zero attached hydrogens (tertiary/aromatic N) is 2. The fraction of sp³-hybridized carbons (Fsp3) is 0.464. The van der Waals surface area contributed by atoms with Crippen molar-refractivity contribution in [3.05, 3.63) is 72.2 Å². The first-order valence-electron chi connectivity index (χ1n) is 12.0. The Labute approximate surface area is 202 Å². The summed E-state index contributed by atoms with van der Waals surface area (Å²) in [5.41, 5.74) is 0.650. The van der Waals surface area contributed by atoms with Crippen molar-refractivity contribution in [2.24, 2.45) is 0 Å². The van der Waals surface area contributed by atoms with Crippen molar-refractivity contribution in [3.8, 4) is 5.75 Å². The Hall–Kier alpha value is -2.83. The molecule has 0 radical (unpaired) electrons. The van der Waals surface area contributed by atoms with E-state index in [1.807, 2.05) is 49.2 Å². The van der Waals surface area contributed by atoms with Gasteiger partial charge in [-0.1, -0.05) is 18.2 Å². The van der Waals surface area contributed by atoms with Crippen molar-refractivity contribution in [2.45, 2.75) is 49.7 Å². The average Bonchev–Trinajstić information content (AvgIpc) is 3.26. The summed E-state index contributed by atoms with van der Waals surface area (Å²) in [5, 5.41) is 12.1. The number of furan rings is 1. The van der Waals surface area contributed by atoms with Crippen molar-refractivity contribution < 1.29 is 19.1 Å². The first kappa shape index (κ1) is 24.3. The summed E-state index contributed by atoms with van der Waals surface area (Å²) in [6.45, 7) is 7.99. The highest BCUT2D eigenvalue weighted by atomic mass is 16.5. The summed E-state index contributed by atoms with van der Waals surface area (Å²) in [5.74, 6) is 1.53. The molecule has 1 N–H and O–H groups in total. The smallest absolute Gasteiger partial charge is 0.246 e. The van der Waals surface area contributed by atoms with Gasteiger partial charge in [-0.05, 0) is 69.0 Å². The fourth-order valence-electron chi connectivity index (χ4n) is 5.85. The lowest BCUT2D eigenvalue weighted by atomic mass is 9.55. The lowest BCUT2D eigenvalue weighted by molar-refractivity contribution is -0.143. The molecule has 0 spiro atoms. The molecular weight excluding hydrogens is 428 g/mol. The van der Waals surface area contributed by atoms with Crippen molar-refractivity contribution in [3.63, 3.8) is 0 Å². The minimum Gasteiger partial charge on any atom is -0.497 e. The van der Waals surface area contributed by atoms with E-state index in [4.69, 9.17) is 9.15 Å². The van der Waals surface area contributed by atoms with E-state index in [2.05, 4.69) is 23.6 Å². The maximum Gasteiger partial charge on any atom is 0.246 e. The zero-order valence-corrected chi connectivity index (χ0v) is 20.5. The molecule has 0 unspecified atom stereocenters. The molecule has 1 aromatic heterocycles. The normalized spacial score (nSPS) is 27.4. The lowest BCUT2D eigenvalue weighted by Gasteiger charge is -2.59. The first-order chi connectivity index (χ1) is 16.3. The van der Waals surface area contributed by atoms with Crippen LogP contribution in [-0.4, -0.2) is 66.2 Å². The number of piperidine rings is 1. The van der Waals surface area contributed by atoms with Gasteiger partial charge in [0.1, 0.15) is 11.5 Å². The SMILES string of the molecule is C=CCN1CC[C@@]2(c3cccc(OC)c3)C[C@@H](N(C)C(=O)/C=C/c3ccoc3C)CC[C@]2(O)C1. The number of carbonyl (C=O) groups is 1. The molecule has 2 heterocycles. The summed E-state index contributed by atoms with van der Waals surface area (Å²) in [4.78, 5) is 17.2. The number of likely N-dealkylation sites (N-methyl/N-ethyl adjacent to an activating group) is 1. The third-order valence-electron chi connectivity index (χ3n) is 7.92. The van der Waals surface area contributed by atoms with Crippen LogP contribution in [0.3, 0.4) is 0 Å². The standard InChI is InChI=1S/C28H36N2O4/c1-5-15-30-16-14-27(23-7-6-8-25(18-23)33-4)19-24(11-13-28(27,32)20-30)29(3)26(31)10-9-22-12-17-34-21(22)2/h5-10,12,17-18,24,32H,1,11,13-16,19-20H2,2-4H3/b10-9+/t24-,27-,28-/m0/s1. The predicted octanol–water partition coefficient (Wildman–Crippen LogP) is 4.18. The van der Waals surface area contributed by atoms with E-state index in [-0.39, 0.29) is 11.9 Å². The van der Waals surface area contributed by atoms with E-state index in [9.17, 15) is 9.90 Å². The van der Waals surface area contributed by atoms with Gasteiger partial charge in [-0.15, -0.1) is 6.58 Å². The van der Waals surface area contributed by atoms with Gasteiger partial charge in [-0.25, -0.2) is 0 Å². The molecule has 1 saturated heterocycles. The van der Waals surface area contributed by atoms with E-state index in [0.717, 1.165) is 48.6 Å². The number of aliphatic hydroxyl groups is 1. The van der Waals surface area contributed by atoms with E-state index < -0.39 is 11.0 Å². The number of rotatable bonds is 7. The van der Waals surface area contributed by atoms with Gasteiger partial charge < -0.3 is 19.2 Å². The molecule has 1 aliphatic heterocycles. The van der Waals surface area contributed by atoms with Gasteiger partial charge in [0.25, 0.3) is 0 Å². The van der Waals surface area contributed by atoms with Crippen LogP contribution in [0.25, 0.3) is 6.08 Å². The van der Waals surface area contributed by atoms with E-state index >= 15 is 0 Å². The molecular formula is C28H36N2O4. The van der Waals surface area contributed by atoms with Gasteiger partial charge in [0.2, 0.25) is 5.91 Å². The fourth-order valence-corrected chi connectivity index (χ4v) is 5.85. The van der Waals surface area contributed by atoms with Crippen molar-refractivity contribution in [2.75, 3.05) is 33.8 Å². The molecule has 1 aliphatic carbocycles. The van der Waals surface area contributed by atoms with Crippen LogP contribution in [0.2, 0.25) is 0 Å². The van der Waals surface area contributed by atoms with E-state index in [0.29, 0.717) is 19.4 Å². The highest BCUT2D eigenvalue weighted by Crippen LogP contribution is 2.52. The number of benzene rings is 1. The highest BCUT2D eigenvalue weighted by molar-refractivity contribution is 5.92. The number of fused-ring (bicyclic) bond motifs is 1. The van der Waals surface area contributed by atoms with Crippen LogP contribution in [0.4, 0.5) is 0 Å². The van der Waals surface area contributed by atoms with Gasteiger partial charge in [0.05, 0.1) is 19.0 Å². The zero-order valence-electron chi connectivity index (χ0n) is 20.5. The molecule has 3 atom stereocenters. The molecule has 1 aromatic carbocycles. The maximum atomic E-state index is 13.1. The zero-order chi connectivity index (χ0) is 24.3. The van der Waals surface area contributed by atoms with Crippen LogP contribution in [0.15, 0.2) is 59.7 Å². The van der Waals surface area contributed by atoms with Crippen molar-refractivity contribution >= 4 is 12.0 Å². The van der Waals surface area contributed by atoms with Crippen LogP contribution < -0.4 is 4.74 Å². The van der Waals surface area contributed by atoms with Gasteiger partial charge in [-0.2, -0.15) is 0 Å². The number of amides is 1. The molecule has 34 heavy (non-hydrogen) atoms. The molecule has 0 bridgehead atoms. The average molecular weight is 465 g/mol. The number of likely N-dealkylation sites (tertiary alicyclic amines) is 1. The summed E-state index contributed by atoms with van der Waals surface area (Å²) in [6, 6.07) is 9.97. The summed E-state index contributed by atoms with van der Waals surface area (Å²) < 4.78 is 10.8. The monoisotopic (exact) mass is 464 g/mol. The molecule has 2 aliphatic rings. The quantitative estimate of drug-likeness (QED) is 0.492. The second-order valence-electron chi connectivity index (χ2n) is 9.73. The molecule has 2 fully saturated rings. The largest absolute Gasteiger partial charge is 0.497 e. The maximum absolute atomic E-state index is 13.1. The number of ether oxygens (including phenoxy) is 1. The Morgan fingerprint density at radius 2 is 2.21 bits per heavy atom. The number of β-amino-alcohol motifs (C(OH)–C–C–N with tert-alkyl or cyclic N) is 1. The van der Waals surface area contributed by atoms with Crippen LogP contribution in [0.5, 0.6) is 5.75 Å². The first-order valence-corrected chi connectivity index (χ1v) is 12.0. The predicted molar refractivity (Wildman–Crippen MR) is 134 cm³/mol. The van der Waals surface area contributed by atoms with Crippen LogP contribution >= 0.6 is 0 Å². The number of hydrogen-bond donors (Lipinski definition) is 1. The van der Waals surface area contributed by atoms with Crippen LogP contribution in [0.1, 0.15) is 42.6 Å². The Bertz CT molecular complexity index is 1060. The van der Waals surface area contributed by atoms with E-state index in [1.54, 1.807) is 19.4 Å². The molecule has 4 rings (SSSR count). The second-order valence-corrected chi connectivity index (χ2v) is 9.73. The summed E-state index contributed by atoms with van der Waals surface area (Å²) in [7, 11) is 3.54. The summed E-state index contributed by atoms with van der Waals surface area (Å²) in [6.07, 6.45) is 9.85.